The number of rotatable bonds is 5. The van der Waals surface area contributed by atoms with Gasteiger partial charge in [0, 0.05) is 12.2 Å². The van der Waals surface area contributed by atoms with Gasteiger partial charge < -0.3 is 5.32 Å². The Balaban J connectivity index is 1.95. The molecule has 1 amide bonds. The lowest BCUT2D eigenvalue weighted by molar-refractivity contribution is 0.0946. The molecule has 0 saturated carbocycles. The normalized spacial score (nSPS) is 10.4. The molecule has 2 N–H and O–H groups in total. The molecule has 0 bridgehead atoms. The molecule has 0 atom stereocenters. The molecule has 100 valence electrons. The number of carbonyl (C=O) groups excluding carboxylic acids is 1. The van der Waals surface area contributed by atoms with E-state index in [9.17, 15) is 4.79 Å². The number of nitrogens with one attached hydrogen (secondary N) is 2. The maximum Gasteiger partial charge on any atom is 0.272 e. The fourth-order valence-corrected chi connectivity index (χ4v) is 1.95. The highest BCUT2D eigenvalue weighted by molar-refractivity contribution is 5.92. The van der Waals surface area contributed by atoms with E-state index in [-0.39, 0.29) is 5.91 Å². The van der Waals surface area contributed by atoms with E-state index in [1.165, 1.54) is 5.56 Å². The summed E-state index contributed by atoms with van der Waals surface area (Å²) in [4.78, 5) is 12.0. The zero-order valence-corrected chi connectivity index (χ0v) is 11.4. The molecule has 1 heterocycles. The lowest BCUT2D eigenvalue weighted by Crippen LogP contribution is -2.23. The van der Waals surface area contributed by atoms with Gasteiger partial charge in [-0.25, -0.2) is 0 Å². The van der Waals surface area contributed by atoms with Crippen molar-refractivity contribution in [3.63, 3.8) is 0 Å². The van der Waals surface area contributed by atoms with Crippen molar-refractivity contribution in [1.29, 1.82) is 0 Å². The largest absolute Gasteiger partial charge is 0.347 e. The molecule has 2 rings (SSSR count). The van der Waals surface area contributed by atoms with Crippen LogP contribution in [0.3, 0.4) is 0 Å². The van der Waals surface area contributed by atoms with Crippen LogP contribution in [0.1, 0.15) is 40.7 Å². The molecular formula is C15H19N3O. The Morgan fingerprint density at radius 2 is 2.16 bits per heavy atom. The van der Waals surface area contributed by atoms with Crippen molar-refractivity contribution in [2.24, 2.45) is 0 Å². The molecular weight excluding hydrogens is 238 g/mol. The molecule has 1 aromatic carbocycles. The number of aromatic nitrogens is 2. The number of carbonyl (C=O) groups is 1. The second kappa shape index (κ2) is 6.18. The van der Waals surface area contributed by atoms with E-state index < -0.39 is 0 Å². The molecule has 0 spiro atoms. The first-order valence-electron chi connectivity index (χ1n) is 6.57. The zero-order chi connectivity index (χ0) is 13.7. The third-order valence-corrected chi connectivity index (χ3v) is 3.08. The third-order valence-electron chi connectivity index (χ3n) is 3.08. The summed E-state index contributed by atoms with van der Waals surface area (Å²) in [6.07, 6.45) is 1.95. The first-order chi connectivity index (χ1) is 9.20. The monoisotopic (exact) mass is 257 g/mol. The standard InChI is InChI=1S/C15H19N3O/c1-3-6-13-9-14(18-17-13)15(19)16-10-12-8-5-4-7-11(12)2/h4-5,7-9H,3,6,10H2,1-2H3,(H,16,19)(H,17,18). The molecule has 0 aliphatic rings. The highest BCUT2D eigenvalue weighted by atomic mass is 16.1. The van der Waals surface area contributed by atoms with Gasteiger partial charge in [-0.2, -0.15) is 5.10 Å². The average Bonchev–Trinajstić information content (AvgIpc) is 2.87. The van der Waals surface area contributed by atoms with Gasteiger partial charge in [-0.05, 0) is 30.5 Å². The van der Waals surface area contributed by atoms with Gasteiger partial charge in [0.15, 0.2) is 0 Å². The minimum Gasteiger partial charge on any atom is -0.347 e. The highest BCUT2D eigenvalue weighted by Gasteiger charge is 2.10. The van der Waals surface area contributed by atoms with Crippen LogP contribution in [-0.2, 0) is 13.0 Å². The number of benzene rings is 1. The number of aromatic amines is 1. The predicted molar refractivity (Wildman–Crippen MR) is 74.9 cm³/mol. The molecule has 0 aliphatic carbocycles. The Morgan fingerprint density at radius 1 is 1.37 bits per heavy atom. The van der Waals surface area contributed by atoms with E-state index in [1.54, 1.807) is 0 Å². The number of H-pyrrole nitrogens is 1. The molecule has 0 fully saturated rings. The molecule has 4 heteroatoms. The first-order valence-corrected chi connectivity index (χ1v) is 6.57. The summed E-state index contributed by atoms with van der Waals surface area (Å²) in [5.74, 6) is -0.137. The van der Waals surface area contributed by atoms with Crippen LogP contribution in [0.15, 0.2) is 30.3 Å². The van der Waals surface area contributed by atoms with Crippen molar-refractivity contribution in [2.75, 3.05) is 0 Å². The number of nitrogens with zero attached hydrogens (tertiary/aromatic N) is 1. The van der Waals surface area contributed by atoms with E-state index >= 15 is 0 Å². The van der Waals surface area contributed by atoms with Crippen LogP contribution >= 0.6 is 0 Å². The maximum atomic E-state index is 12.0. The Kier molecular flexibility index (Phi) is 4.34. The lowest BCUT2D eigenvalue weighted by Gasteiger charge is -2.06. The third kappa shape index (κ3) is 3.44. The fraction of sp³-hybridized carbons (Fsp3) is 0.333. The average molecular weight is 257 g/mol. The SMILES string of the molecule is CCCc1cc(C(=O)NCc2ccccc2C)n[nH]1. The van der Waals surface area contributed by atoms with Gasteiger partial charge in [-0.3, -0.25) is 9.89 Å². The summed E-state index contributed by atoms with van der Waals surface area (Å²) in [7, 11) is 0. The molecule has 19 heavy (non-hydrogen) atoms. The van der Waals surface area contributed by atoms with Crippen molar-refractivity contribution in [3.8, 4) is 0 Å². The van der Waals surface area contributed by atoms with E-state index in [2.05, 4.69) is 22.4 Å². The summed E-state index contributed by atoms with van der Waals surface area (Å²) in [5.41, 5.74) is 3.76. The first kappa shape index (κ1) is 13.3. The molecule has 4 nitrogen and oxygen atoms in total. The minimum absolute atomic E-state index is 0.137. The molecule has 0 radical (unpaired) electrons. The van der Waals surface area contributed by atoms with Crippen molar-refractivity contribution < 1.29 is 4.79 Å². The number of amides is 1. The van der Waals surface area contributed by atoms with E-state index in [0.717, 1.165) is 24.1 Å². The summed E-state index contributed by atoms with van der Waals surface area (Å²) < 4.78 is 0. The van der Waals surface area contributed by atoms with Crippen molar-refractivity contribution in [2.45, 2.75) is 33.2 Å². The van der Waals surface area contributed by atoms with E-state index in [0.29, 0.717) is 12.2 Å². The smallest absolute Gasteiger partial charge is 0.272 e. The Hall–Kier alpha value is -2.10. The number of hydrogen-bond acceptors (Lipinski definition) is 2. The van der Waals surface area contributed by atoms with Gasteiger partial charge in [0.25, 0.3) is 5.91 Å². The maximum absolute atomic E-state index is 12.0. The Bertz CT molecular complexity index is 560. The van der Waals surface area contributed by atoms with Crippen LogP contribution in [0.4, 0.5) is 0 Å². The second-order valence-electron chi connectivity index (χ2n) is 4.64. The van der Waals surface area contributed by atoms with E-state index in [1.807, 2.05) is 37.3 Å². The minimum atomic E-state index is -0.137. The zero-order valence-electron chi connectivity index (χ0n) is 11.4. The van der Waals surface area contributed by atoms with Crippen LogP contribution < -0.4 is 5.32 Å². The van der Waals surface area contributed by atoms with Gasteiger partial charge in [0.2, 0.25) is 0 Å². The predicted octanol–water partition coefficient (Wildman–Crippen LogP) is 2.60. The van der Waals surface area contributed by atoms with Crippen LogP contribution in [0.2, 0.25) is 0 Å². The summed E-state index contributed by atoms with van der Waals surface area (Å²) in [6.45, 7) is 4.66. The number of aryl methyl sites for hydroxylation is 2. The van der Waals surface area contributed by atoms with Crippen molar-refractivity contribution in [3.05, 3.63) is 52.8 Å². The fourth-order valence-electron chi connectivity index (χ4n) is 1.95. The molecule has 0 aliphatic heterocycles. The van der Waals surface area contributed by atoms with Gasteiger partial charge in [0.1, 0.15) is 5.69 Å². The molecule has 0 unspecified atom stereocenters. The van der Waals surface area contributed by atoms with Crippen molar-refractivity contribution >= 4 is 5.91 Å². The van der Waals surface area contributed by atoms with Gasteiger partial charge in [-0.15, -0.1) is 0 Å². The van der Waals surface area contributed by atoms with Gasteiger partial charge in [-0.1, -0.05) is 37.6 Å². The highest BCUT2D eigenvalue weighted by Crippen LogP contribution is 2.07. The van der Waals surface area contributed by atoms with Crippen LogP contribution in [0.25, 0.3) is 0 Å². The van der Waals surface area contributed by atoms with Gasteiger partial charge >= 0.3 is 0 Å². The topological polar surface area (TPSA) is 57.8 Å². The number of hydrogen-bond donors (Lipinski definition) is 2. The summed E-state index contributed by atoms with van der Waals surface area (Å²) in [5, 5.41) is 9.81. The van der Waals surface area contributed by atoms with Crippen LogP contribution in [-0.4, -0.2) is 16.1 Å². The van der Waals surface area contributed by atoms with Crippen molar-refractivity contribution in [1.82, 2.24) is 15.5 Å². The second-order valence-corrected chi connectivity index (χ2v) is 4.64. The lowest BCUT2D eigenvalue weighted by atomic mass is 10.1. The Morgan fingerprint density at radius 3 is 2.89 bits per heavy atom. The van der Waals surface area contributed by atoms with Gasteiger partial charge in [0.05, 0.1) is 0 Å². The Labute approximate surface area is 113 Å². The summed E-state index contributed by atoms with van der Waals surface area (Å²) >= 11 is 0. The molecule has 1 aromatic heterocycles. The van der Waals surface area contributed by atoms with E-state index in [4.69, 9.17) is 0 Å². The summed E-state index contributed by atoms with van der Waals surface area (Å²) in [6, 6.07) is 9.84. The quantitative estimate of drug-likeness (QED) is 0.865. The van der Waals surface area contributed by atoms with Crippen LogP contribution in [0, 0.1) is 6.92 Å². The van der Waals surface area contributed by atoms with Crippen LogP contribution in [0.5, 0.6) is 0 Å². The molecule has 2 aromatic rings. The molecule has 0 saturated heterocycles.